The SMILES string of the molecule is CCc1ccc(C(NC(=O)C2CCN(C(=O)c3cccs3)CC2)C(C)C)cc1. The molecule has 1 aromatic heterocycles. The van der Waals surface area contributed by atoms with Crippen LogP contribution in [0.2, 0.25) is 0 Å². The quantitative estimate of drug-likeness (QED) is 0.768. The minimum absolute atomic E-state index is 0.0178. The average Bonchev–Trinajstić information content (AvgIpc) is 3.26. The molecule has 1 aliphatic heterocycles. The lowest BCUT2D eigenvalue weighted by molar-refractivity contribution is -0.127. The smallest absolute Gasteiger partial charge is 0.263 e. The van der Waals surface area contributed by atoms with Gasteiger partial charge in [-0.15, -0.1) is 11.3 Å². The summed E-state index contributed by atoms with van der Waals surface area (Å²) < 4.78 is 0. The van der Waals surface area contributed by atoms with Crippen LogP contribution in [0.5, 0.6) is 0 Å². The fourth-order valence-electron chi connectivity index (χ4n) is 3.77. The summed E-state index contributed by atoms with van der Waals surface area (Å²) in [4.78, 5) is 28.0. The van der Waals surface area contributed by atoms with Gasteiger partial charge in [-0.3, -0.25) is 9.59 Å². The van der Waals surface area contributed by atoms with Crippen LogP contribution in [0.15, 0.2) is 41.8 Å². The predicted octanol–water partition coefficient (Wildman–Crippen LogP) is 4.68. The molecule has 2 aromatic rings. The van der Waals surface area contributed by atoms with Crippen molar-refractivity contribution in [3.8, 4) is 0 Å². The number of rotatable bonds is 6. The van der Waals surface area contributed by atoms with Crippen molar-refractivity contribution in [2.75, 3.05) is 13.1 Å². The Kier molecular flexibility index (Phi) is 6.89. The highest BCUT2D eigenvalue weighted by molar-refractivity contribution is 7.12. The number of thiophene rings is 1. The van der Waals surface area contributed by atoms with Crippen molar-refractivity contribution in [3.05, 3.63) is 57.8 Å². The number of hydrogen-bond donors (Lipinski definition) is 1. The lowest BCUT2D eigenvalue weighted by atomic mass is 9.91. The summed E-state index contributed by atoms with van der Waals surface area (Å²) in [5.41, 5.74) is 2.46. The zero-order valence-corrected chi connectivity index (χ0v) is 17.8. The van der Waals surface area contributed by atoms with Crippen molar-refractivity contribution in [1.29, 1.82) is 0 Å². The topological polar surface area (TPSA) is 49.4 Å². The molecular formula is C23H30N2O2S. The van der Waals surface area contributed by atoms with Gasteiger partial charge in [-0.25, -0.2) is 0 Å². The second kappa shape index (κ2) is 9.37. The Hall–Kier alpha value is -2.14. The van der Waals surface area contributed by atoms with Crippen LogP contribution < -0.4 is 5.32 Å². The van der Waals surface area contributed by atoms with E-state index in [-0.39, 0.29) is 23.8 Å². The van der Waals surface area contributed by atoms with Crippen LogP contribution in [0.3, 0.4) is 0 Å². The zero-order chi connectivity index (χ0) is 20.1. The predicted molar refractivity (Wildman–Crippen MR) is 114 cm³/mol. The first-order chi connectivity index (χ1) is 13.5. The van der Waals surface area contributed by atoms with Gasteiger partial charge in [0.05, 0.1) is 10.9 Å². The summed E-state index contributed by atoms with van der Waals surface area (Å²) in [6.07, 6.45) is 2.47. The van der Waals surface area contributed by atoms with Crippen LogP contribution in [-0.2, 0) is 11.2 Å². The molecule has 1 fully saturated rings. The van der Waals surface area contributed by atoms with E-state index in [0.29, 0.717) is 19.0 Å². The molecule has 1 aliphatic rings. The van der Waals surface area contributed by atoms with Crippen LogP contribution in [0.4, 0.5) is 0 Å². The minimum atomic E-state index is -0.0245. The third-order valence-corrected chi connectivity index (χ3v) is 6.45. The van der Waals surface area contributed by atoms with Crippen molar-refractivity contribution < 1.29 is 9.59 Å². The van der Waals surface area contributed by atoms with Crippen LogP contribution in [0.25, 0.3) is 0 Å². The van der Waals surface area contributed by atoms with E-state index in [1.807, 2.05) is 22.4 Å². The number of amides is 2. The Balaban J connectivity index is 1.58. The van der Waals surface area contributed by atoms with Gasteiger partial charge in [0.15, 0.2) is 0 Å². The summed E-state index contributed by atoms with van der Waals surface area (Å²) >= 11 is 1.47. The molecule has 0 bridgehead atoms. The molecule has 28 heavy (non-hydrogen) atoms. The molecule has 1 N–H and O–H groups in total. The molecule has 150 valence electrons. The van der Waals surface area contributed by atoms with E-state index in [1.165, 1.54) is 16.9 Å². The van der Waals surface area contributed by atoms with Crippen molar-refractivity contribution in [2.24, 2.45) is 11.8 Å². The highest BCUT2D eigenvalue weighted by Crippen LogP contribution is 2.25. The number of carbonyl (C=O) groups is 2. The molecule has 2 amide bonds. The Morgan fingerprint density at radius 3 is 2.36 bits per heavy atom. The monoisotopic (exact) mass is 398 g/mol. The van der Waals surface area contributed by atoms with Gasteiger partial charge in [0.25, 0.3) is 5.91 Å². The first-order valence-corrected chi connectivity index (χ1v) is 11.1. The number of carbonyl (C=O) groups excluding carboxylic acids is 2. The molecule has 5 heteroatoms. The number of likely N-dealkylation sites (tertiary alicyclic amines) is 1. The minimum Gasteiger partial charge on any atom is -0.349 e. The Bertz CT molecular complexity index is 775. The number of nitrogens with zero attached hydrogens (tertiary/aromatic N) is 1. The van der Waals surface area contributed by atoms with E-state index in [9.17, 15) is 9.59 Å². The Morgan fingerprint density at radius 2 is 1.82 bits per heavy atom. The number of benzene rings is 1. The van der Waals surface area contributed by atoms with Crippen molar-refractivity contribution in [2.45, 2.75) is 46.1 Å². The Morgan fingerprint density at radius 1 is 1.14 bits per heavy atom. The van der Waals surface area contributed by atoms with Gasteiger partial charge in [0, 0.05) is 19.0 Å². The van der Waals surface area contributed by atoms with Gasteiger partial charge >= 0.3 is 0 Å². The van der Waals surface area contributed by atoms with E-state index >= 15 is 0 Å². The number of aryl methyl sites for hydroxylation is 1. The second-order valence-corrected chi connectivity index (χ2v) is 8.82. The molecule has 1 atom stereocenters. The standard InChI is InChI=1S/C23H30N2O2S/c1-4-17-7-9-18(10-8-17)21(16(2)3)24-22(26)19-11-13-25(14-12-19)23(27)20-6-5-15-28-20/h5-10,15-16,19,21H,4,11-14H2,1-3H3,(H,24,26). The third-order valence-electron chi connectivity index (χ3n) is 5.60. The highest BCUT2D eigenvalue weighted by atomic mass is 32.1. The van der Waals surface area contributed by atoms with Gasteiger partial charge in [-0.05, 0) is 47.8 Å². The largest absolute Gasteiger partial charge is 0.349 e. The fourth-order valence-corrected chi connectivity index (χ4v) is 4.46. The number of hydrogen-bond acceptors (Lipinski definition) is 3. The molecule has 3 rings (SSSR count). The van der Waals surface area contributed by atoms with E-state index < -0.39 is 0 Å². The van der Waals surface area contributed by atoms with Crippen LogP contribution >= 0.6 is 11.3 Å². The van der Waals surface area contributed by atoms with Crippen molar-refractivity contribution in [3.63, 3.8) is 0 Å². The molecule has 0 aliphatic carbocycles. The average molecular weight is 399 g/mol. The number of piperidine rings is 1. The summed E-state index contributed by atoms with van der Waals surface area (Å²) in [5, 5.41) is 5.19. The van der Waals surface area contributed by atoms with E-state index in [2.05, 4.69) is 50.4 Å². The first-order valence-electron chi connectivity index (χ1n) is 10.2. The molecule has 1 aromatic carbocycles. The zero-order valence-electron chi connectivity index (χ0n) is 17.0. The van der Waals surface area contributed by atoms with Gasteiger partial charge in [-0.2, -0.15) is 0 Å². The lowest BCUT2D eigenvalue weighted by Crippen LogP contribution is -2.44. The normalized spacial score (nSPS) is 16.2. The second-order valence-electron chi connectivity index (χ2n) is 7.87. The maximum absolute atomic E-state index is 12.9. The van der Waals surface area contributed by atoms with Gasteiger partial charge < -0.3 is 10.2 Å². The highest BCUT2D eigenvalue weighted by Gasteiger charge is 2.30. The Labute approximate surface area is 172 Å². The third kappa shape index (κ3) is 4.82. The molecular weight excluding hydrogens is 368 g/mol. The van der Waals surface area contributed by atoms with Crippen molar-refractivity contribution >= 4 is 23.2 Å². The van der Waals surface area contributed by atoms with Gasteiger partial charge in [-0.1, -0.05) is 51.1 Å². The van der Waals surface area contributed by atoms with E-state index in [4.69, 9.17) is 0 Å². The fraction of sp³-hybridized carbons (Fsp3) is 0.478. The first kappa shape index (κ1) is 20.6. The summed E-state index contributed by atoms with van der Waals surface area (Å²) in [6.45, 7) is 7.72. The summed E-state index contributed by atoms with van der Waals surface area (Å²) in [6, 6.07) is 12.3. The van der Waals surface area contributed by atoms with E-state index in [1.54, 1.807) is 0 Å². The van der Waals surface area contributed by atoms with Crippen LogP contribution in [0.1, 0.15) is 60.5 Å². The van der Waals surface area contributed by atoms with Crippen LogP contribution in [-0.4, -0.2) is 29.8 Å². The molecule has 2 heterocycles. The van der Waals surface area contributed by atoms with Gasteiger partial charge in [0.1, 0.15) is 0 Å². The maximum atomic E-state index is 12.9. The molecule has 4 nitrogen and oxygen atoms in total. The van der Waals surface area contributed by atoms with Gasteiger partial charge in [0.2, 0.25) is 5.91 Å². The summed E-state index contributed by atoms with van der Waals surface area (Å²) in [5.74, 6) is 0.492. The maximum Gasteiger partial charge on any atom is 0.263 e. The van der Waals surface area contributed by atoms with Crippen LogP contribution in [0, 0.1) is 11.8 Å². The summed E-state index contributed by atoms with van der Waals surface area (Å²) in [7, 11) is 0. The molecule has 1 saturated heterocycles. The number of nitrogens with one attached hydrogen (secondary N) is 1. The molecule has 1 unspecified atom stereocenters. The van der Waals surface area contributed by atoms with E-state index in [0.717, 1.165) is 29.7 Å². The molecule has 0 radical (unpaired) electrons. The van der Waals surface area contributed by atoms with Crippen molar-refractivity contribution in [1.82, 2.24) is 10.2 Å². The lowest BCUT2D eigenvalue weighted by Gasteiger charge is -2.32. The molecule has 0 saturated carbocycles. The molecule has 0 spiro atoms.